The molecular formula is C15H22ClNO5. The van der Waals surface area contributed by atoms with Crippen molar-refractivity contribution >= 4 is 17.7 Å². The average Bonchev–Trinajstić information content (AvgIpc) is 2.38. The van der Waals surface area contributed by atoms with Crippen LogP contribution >= 0.6 is 11.6 Å². The van der Waals surface area contributed by atoms with Gasteiger partial charge in [-0.05, 0) is 51.0 Å². The molecule has 0 radical (unpaired) electrons. The first-order valence-electron chi connectivity index (χ1n) is 6.83. The van der Waals surface area contributed by atoms with E-state index >= 15 is 0 Å². The van der Waals surface area contributed by atoms with E-state index in [0.717, 1.165) is 0 Å². The van der Waals surface area contributed by atoms with E-state index in [9.17, 15) is 20.1 Å². The van der Waals surface area contributed by atoms with Crippen LogP contribution in [-0.2, 0) is 4.74 Å². The lowest BCUT2D eigenvalue weighted by atomic mass is 10.0. The zero-order chi connectivity index (χ0) is 17.1. The van der Waals surface area contributed by atoms with Gasteiger partial charge in [0.05, 0.1) is 5.02 Å². The van der Waals surface area contributed by atoms with Gasteiger partial charge in [0.1, 0.15) is 23.6 Å². The first kappa shape index (κ1) is 18.5. The van der Waals surface area contributed by atoms with E-state index in [4.69, 9.17) is 16.3 Å². The number of phenols is 1. The molecule has 1 amide bonds. The molecule has 0 heterocycles. The van der Waals surface area contributed by atoms with Crippen molar-refractivity contribution in [3.05, 3.63) is 28.3 Å². The molecule has 1 rings (SSSR count). The Morgan fingerprint density at radius 2 is 1.95 bits per heavy atom. The SMILES string of the molecule is Cc1cc(C(O)C(O)CNC(=O)OC(C)(C)C)cc(Cl)c1O. The smallest absolute Gasteiger partial charge is 0.407 e. The highest BCUT2D eigenvalue weighted by Gasteiger charge is 2.22. The molecule has 0 aliphatic carbocycles. The summed E-state index contributed by atoms with van der Waals surface area (Å²) in [6.07, 6.45) is -3.18. The second kappa shape index (κ2) is 7.17. The molecule has 1 aromatic rings. The Labute approximate surface area is 134 Å². The molecule has 0 aliphatic rings. The van der Waals surface area contributed by atoms with Crippen LogP contribution in [0, 0.1) is 6.92 Å². The number of carbonyl (C=O) groups excluding carboxylic acids is 1. The molecule has 0 aromatic heterocycles. The summed E-state index contributed by atoms with van der Waals surface area (Å²) < 4.78 is 5.03. The Morgan fingerprint density at radius 1 is 1.36 bits per heavy atom. The maximum absolute atomic E-state index is 11.5. The molecular weight excluding hydrogens is 310 g/mol. The predicted molar refractivity (Wildman–Crippen MR) is 83.1 cm³/mol. The van der Waals surface area contributed by atoms with Crippen LogP contribution in [0.2, 0.25) is 5.02 Å². The van der Waals surface area contributed by atoms with Crippen molar-refractivity contribution in [2.45, 2.75) is 45.5 Å². The molecule has 2 unspecified atom stereocenters. The van der Waals surface area contributed by atoms with Gasteiger partial charge >= 0.3 is 6.09 Å². The zero-order valence-electron chi connectivity index (χ0n) is 13.1. The summed E-state index contributed by atoms with van der Waals surface area (Å²) in [5.74, 6) is -0.0704. The number of carbonyl (C=O) groups is 1. The Bertz CT molecular complexity index is 518. The van der Waals surface area contributed by atoms with Crippen molar-refractivity contribution in [3.63, 3.8) is 0 Å². The van der Waals surface area contributed by atoms with Crippen LogP contribution in [0.25, 0.3) is 0 Å². The van der Waals surface area contributed by atoms with Gasteiger partial charge in [-0.1, -0.05) is 11.6 Å². The molecule has 7 heteroatoms. The van der Waals surface area contributed by atoms with E-state index in [2.05, 4.69) is 5.32 Å². The van der Waals surface area contributed by atoms with Crippen LogP contribution in [0.5, 0.6) is 5.75 Å². The number of ether oxygens (including phenoxy) is 1. The fourth-order valence-electron chi connectivity index (χ4n) is 1.77. The maximum atomic E-state index is 11.5. The van der Waals surface area contributed by atoms with Crippen LogP contribution in [0.1, 0.15) is 38.0 Å². The summed E-state index contributed by atoms with van der Waals surface area (Å²) in [5.41, 5.74) is 0.183. The lowest BCUT2D eigenvalue weighted by Gasteiger charge is -2.22. The number of benzene rings is 1. The largest absolute Gasteiger partial charge is 0.506 e. The van der Waals surface area contributed by atoms with Gasteiger partial charge in [0, 0.05) is 6.54 Å². The molecule has 22 heavy (non-hydrogen) atoms. The minimum absolute atomic E-state index is 0.0704. The number of alkyl carbamates (subject to hydrolysis) is 1. The van der Waals surface area contributed by atoms with Gasteiger partial charge < -0.3 is 25.4 Å². The van der Waals surface area contributed by atoms with E-state index in [1.165, 1.54) is 12.1 Å². The maximum Gasteiger partial charge on any atom is 0.407 e. The third-order valence-electron chi connectivity index (χ3n) is 2.84. The van der Waals surface area contributed by atoms with Crippen LogP contribution in [0.4, 0.5) is 4.79 Å². The molecule has 0 saturated carbocycles. The highest BCUT2D eigenvalue weighted by molar-refractivity contribution is 6.32. The topological polar surface area (TPSA) is 99.0 Å². The van der Waals surface area contributed by atoms with E-state index in [-0.39, 0.29) is 17.3 Å². The molecule has 124 valence electrons. The number of halogens is 1. The molecule has 0 aliphatic heterocycles. The van der Waals surface area contributed by atoms with Crippen molar-refractivity contribution in [3.8, 4) is 5.75 Å². The Morgan fingerprint density at radius 3 is 2.45 bits per heavy atom. The van der Waals surface area contributed by atoms with Crippen molar-refractivity contribution in [2.24, 2.45) is 0 Å². The summed E-state index contributed by atoms with van der Waals surface area (Å²) in [6.45, 7) is 6.60. The fourth-order valence-corrected chi connectivity index (χ4v) is 2.04. The van der Waals surface area contributed by atoms with Crippen molar-refractivity contribution in [1.29, 1.82) is 0 Å². The van der Waals surface area contributed by atoms with Crippen molar-refractivity contribution < 1.29 is 24.9 Å². The van der Waals surface area contributed by atoms with Crippen LogP contribution in [0.15, 0.2) is 12.1 Å². The lowest BCUT2D eigenvalue weighted by Crippen LogP contribution is -2.38. The van der Waals surface area contributed by atoms with E-state index in [1.807, 2.05) is 0 Å². The monoisotopic (exact) mass is 331 g/mol. The van der Waals surface area contributed by atoms with Gasteiger partial charge in [-0.2, -0.15) is 0 Å². The summed E-state index contributed by atoms with van der Waals surface area (Å²) in [4.78, 5) is 11.5. The number of rotatable bonds is 4. The van der Waals surface area contributed by atoms with Gasteiger partial charge in [-0.15, -0.1) is 0 Å². The highest BCUT2D eigenvalue weighted by Crippen LogP contribution is 2.31. The molecule has 0 bridgehead atoms. The van der Waals surface area contributed by atoms with Gasteiger partial charge in [0.15, 0.2) is 0 Å². The minimum atomic E-state index is -1.26. The van der Waals surface area contributed by atoms with E-state index in [1.54, 1.807) is 27.7 Å². The second-order valence-electron chi connectivity index (χ2n) is 6.06. The summed E-state index contributed by atoms with van der Waals surface area (Å²) in [7, 11) is 0. The molecule has 4 N–H and O–H groups in total. The fraction of sp³-hybridized carbons (Fsp3) is 0.533. The molecule has 6 nitrogen and oxygen atoms in total. The van der Waals surface area contributed by atoms with E-state index in [0.29, 0.717) is 11.1 Å². The first-order valence-corrected chi connectivity index (χ1v) is 7.21. The number of aliphatic hydroxyl groups excluding tert-OH is 2. The number of hydrogen-bond acceptors (Lipinski definition) is 5. The van der Waals surface area contributed by atoms with Crippen molar-refractivity contribution in [1.82, 2.24) is 5.32 Å². The highest BCUT2D eigenvalue weighted by atomic mass is 35.5. The molecule has 2 atom stereocenters. The predicted octanol–water partition coefficient (Wildman–Crippen LogP) is 2.27. The Hall–Kier alpha value is -1.50. The first-order chi connectivity index (χ1) is 10.0. The second-order valence-corrected chi connectivity index (χ2v) is 6.47. The Kier molecular flexibility index (Phi) is 6.05. The number of hydrogen-bond donors (Lipinski definition) is 4. The standard InChI is InChI=1S/C15H22ClNO5/c1-8-5-9(6-10(16)12(8)19)13(20)11(18)7-17-14(21)22-15(2,3)4/h5-6,11,13,18-20H,7H2,1-4H3,(H,17,21). The number of nitrogens with one attached hydrogen (secondary N) is 1. The Balaban J connectivity index is 2.66. The summed E-state index contributed by atoms with van der Waals surface area (Å²) in [6, 6.07) is 2.88. The molecule has 1 aromatic carbocycles. The molecule has 0 fully saturated rings. The third kappa shape index (κ3) is 5.36. The van der Waals surface area contributed by atoms with Gasteiger partial charge in [0.25, 0.3) is 0 Å². The van der Waals surface area contributed by atoms with Crippen LogP contribution in [-0.4, -0.2) is 39.7 Å². The number of aliphatic hydroxyl groups is 2. The zero-order valence-corrected chi connectivity index (χ0v) is 13.8. The van der Waals surface area contributed by atoms with Crippen LogP contribution < -0.4 is 5.32 Å². The number of amides is 1. The quantitative estimate of drug-likeness (QED) is 0.678. The average molecular weight is 332 g/mol. The van der Waals surface area contributed by atoms with E-state index < -0.39 is 23.9 Å². The summed E-state index contributed by atoms with van der Waals surface area (Å²) in [5, 5.41) is 32.1. The molecule has 0 spiro atoms. The molecule has 0 saturated heterocycles. The lowest BCUT2D eigenvalue weighted by molar-refractivity contribution is 0.0129. The van der Waals surface area contributed by atoms with Gasteiger partial charge in [-0.3, -0.25) is 0 Å². The number of aromatic hydroxyl groups is 1. The van der Waals surface area contributed by atoms with Crippen molar-refractivity contribution in [2.75, 3.05) is 6.54 Å². The summed E-state index contributed by atoms with van der Waals surface area (Å²) >= 11 is 5.84. The van der Waals surface area contributed by atoms with Gasteiger partial charge in [0.2, 0.25) is 0 Å². The third-order valence-corrected chi connectivity index (χ3v) is 3.12. The minimum Gasteiger partial charge on any atom is -0.506 e. The number of aryl methyl sites for hydroxylation is 1. The number of phenolic OH excluding ortho intramolecular Hbond substituents is 1. The normalized spacial score (nSPS) is 14.3. The van der Waals surface area contributed by atoms with Crippen LogP contribution in [0.3, 0.4) is 0 Å². The van der Waals surface area contributed by atoms with Gasteiger partial charge in [-0.25, -0.2) is 4.79 Å².